The second-order valence-electron chi connectivity index (χ2n) is 7.49. The van der Waals surface area contributed by atoms with Crippen LogP contribution in [0.15, 0.2) is 66.1 Å². The highest BCUT2D eigenvalue weighted by Gasteiger charge is 2.14. The number of pyridine rings is 2. The minimum Gasteiger partial charge on any atom is -0.619 e. The molecule has 4 aromatic heterocycles. The van der Waals surface area contributed by atoms with Crippen molar-refractivity contribution in [1.82, 2.24) is 24.3 Å². The van der Waals surface area contributed by atoms with Crippen molar-refractivity contribution >= 4 is 44.8 Å². The van der Waals surface area contributed by atoms with Gasteiger partial charge in [-0.2, -0.15) is 9.83 Å². The summed E-state index contributed by atoms with van der Waals surface area (Å²) in [5.41, 5.74) is 1.30. The predicted molar refractivity (Wildman–Crippen MR) is 124 cm³/mol. The third-order valence-corrected chi connectivity index (χ3v) is 5.11. The van der Waals surface area contributed by atoms with Gasteiger partial charge in [0.1, 0.15) is 11.6 Å². The molecule has 0 radical (unpaired) electrons. The molecule has 0 atom stereocenters. The molecule has 0 aliphatic heterocycles. The zero-order valence-electron chi connectivity index (χ0n) is 17.6. The number of aliphatic hydroxyl groups is 1. The normalized spacial score (nSPS) is 11.2. The highest BCUT2D eigenvalue weighted by Crippen LogP contribution is 2.27. The van der Waals surface area contributed by atoms with Gasteiger partial charge in [-0.3, -0.25) is 9.48 Å². The number of fused-ring (bicyclic) bond motifs is 2. The van der Waals surface area contributed by atoms with Crippen molar-refractivity contribution in [3.8, 4) is 0 Å². The molecule has 0 unspecified atom stereocenters. The molecule has 0 aliphatic carbocycles. The summed E-state index contributed by atoms with van der Waals surface area (Å²) in [6, 6.07) is 9.15. The summed E-state index contributed by atoms with van der Waals surface area (Å²) in [5.74, 6) is 1.06. The van der Waals surface area contributed by atoms with E-state index in [0.29, 0.717) is 33.0 Å². The van der Waals surface area contributed by atoms with E-state index in [2.05, 4.69) is 25.7 Å². The van der Waals surface area contributed by atoms with E-state index in [1.165, 1.54) is 23.2 Å². The molecule has 0 bridgehead atoms. The Morgan fingerprint density at radius 1 is 1.15 bits per heavy atom. The number of nitrogens with zero attached hydrogens (tertiary/aromatic N) is 6. The number of nitrogens with one attached hydrogen (secondary N) is 2. The van der Waals surface area contributed by atoms with Gasteiger partial charge in [0.25, 0.3) is 5.56 Å². The molecular weight excluding hydrogens is 424 g/mol. The molecule has 11 nitrogen and oxygen atoms in total. The molecule has 11 heteroatoms. The van der Waals surface area contributed by atoms with Crippen molar-refractivity contribution in [1.29, 1.82) is 0 Å². The van der Waals surface area contributed by atoms with Crippen LogP contribution in [0.4, 0.5) is 23.1 Å². The van der Waals surface area contributed by atoms with Gasteiger partial charge in [0, 0.05) is 37.1 Å². The zero-order valence-corrected chi connectivity index (χ0v) is 17.6. The second kappa shape index (κ2) is 8.20. The number of aromatic nitrogens is 6. The Morgan fingerprint density at radius 2 is 2.03 bits per heavy atom. The molecule has 0 fully saturated rings. The van der Waals surface area contributed by atoms with E-state index >= 15 is 0 Å². The lowest BCUT2D eigenvalue weighted by atomic mass is 10.2. The number of hydrogen-bond acceptors (Lipinski definition) is 8. The Labute approximate surface area is 187 Å². The van der Waals surface area contributed by atoms with Gasteiger partial charge in [0.2, 0.25) is 6.20 Å². The van der Waals surface area contributed by atoms with Crippen LogP contribution in [0.1, 0.15) is 0 Å². The largest absolute Gasteiger partial charge is 0.619 e. The smallest absolute Gasteiger partial charge is 0.262 e. The Hall–Kier alpha value is -4.51. The Morgan fingerprint density at radius 3 is 2.85 bits per heavy atom. The van der Waals surface area contributed by atoms with Crippen LogP contribution in [-0.2, 0) is 13.6 Å². The lowest BCUT2D eigenvalue weighted by molar-refractivity contribution is -0.605. The third kappa shape index (κ3) is 4.04. The summed E-state index contributed by atoms with van der Waals surface area (Å²) in [7, 11) is 1.85. The molecule has 3 N–H and O–H groups in total. The van der Waals surface area contributed by atoms with Crippen LogP contribution in [0.5, 0.6) is 0 Å². The fourth-order valence-corrected chi connectivity index (χ4v) is 3.68. The van der Waals surface area contributed by atoms with Gasteiger partial charge < -0.3 is 25.5 Å². The van der Waals surface area contributed by atoms with Crippen LogP contribution in [-0.4, -0.2) is 36.0 Å². The zero-order chi connectivity index (χ0) is 22.9. The first-order chi connectivity index (χ1) is 16.0. The van der Waals surface area contributed by atoms with E-state index in [0.717, 1.165) is 16.6 Å². The van der Waals surface area contributed by atoms with E-state index in [1.54, 1.807) is 23.0 Å². The predicted octanol–water partition coefficient (Wildman–Crippen LogP) is 1.79. The van der Waals surface area contributed by atoms with Crippen molar-refractivity contribution < 1.29 is 9.84 Å². The van der Waals surface area contributed by atoms with Crippen LogP contribution in [0.2, 0.25) is 0 Å². The van der Waals surface area contributed by atoms with Crippen LogP contribution >= 0.6 is 0 Å². The first kappa shape index (κ1) is 20.4. The molecule has 5 rings (SSSR count). The quantitative estimate of drug-likeness (QED) is 0.266. The summed E-state index contributed by atoms with van der Waals surface area (Å²) in [6.07, 6.45) is 7.48. The Kier molecular flexibility index (Phi) is 5.07. The van der Waals surface area contributed by atoms with E-state index in [-0.39, 0.29) is 18.7 Å². The minimum atomic E-state index is -0.277. The number of hydrogen-bond donors (Lipinski definition) is 3. The van der Waals surface area contributed by atoms with Gasteiger partial charge in [-0.15, -0.1) is 0 Å². The molecule has 0 spiro atoms. The highest BCUT2D eigenvalue weighted by atomic mass is 16.5. The van der Waals surface area contributed by atoms with Gasteiger partial charge in [-0.05, 0) is 35.7 Å². The minimum absolute atomic E-state index is 0.159. The van der Waals surface area contributed by atoms with Gasteiger partial charge in [0.15, 0.2) is 12.0 Å². The number of aliphatic hydroxyl groups excluding tert-OH is 1. The molecule has 1 aromatic carbocycles. The molecule has 4 heterocycles. The number of anilines is 4. The van der Waals surface area contributed by atoms with Crippen LogP contribution in [0.3, 0.4) is 0 Å². The van der Waals surface area contributed by atoms with E-state index in [4.69, 9.17) is 0 Å². The second-order valence-corrected chi connectivity index (χ2v) is 7.49. The number of aryl methyl sites for hydroxylation is 1. The Balaban J connectivity index is 1.63. The first-order valence-electron chi connectivity index (χ1n) is 10.2. The topological polar surface area (TPSA) is 137 Å². The summed E-state index contributed by atoms with van der Waals surface area (Å²) in [4.78, 5) is 21.9. The highest BCUT2D eigenvalue weighted by molar-refractivity contribution is 5.95. The number of rotatable bonds is 6. The van der Waals surface area contributed by atoms with Crippen molar-refractivity contribution in [2.45, 2.75) is 6.54 Å². The maximum Gasteiger partial charge on any atom is 0.262 e. The Bertz CT molecular complexity index is 1540. The molecule has 5 aromatic rings. The summed E-state index contributed by atoms with van der Waals surface area (Å²) < 4.78 is 3.80. The van der Waals surface area contributed by atoms with E-state index < -0.39 is 0 Å². The first-order valence-corrected chi connectivity index (χ1v) is 10.2. The fraction of sp³-hybridized carbons (Fsp3) is 0.136. The standard InChI is InChI=1S/C22H20N8O3/c1-28-12-15-10-16(2-3-17(15)27-28)24-21-20-14(4-6-29(8-9-31)22(20)32)11-18(26-21)25-19-13-30(33)7-5-23-19/h2-7,10-13,31H,8-9H2,1H3,(H2,23,24,25,26). The van der Waals surface area contributed by atoms with E-state index in [9.17, 15) is 15.1 Å². The van der Waals surface area contributed by atoms with Gasteiger partial charge >= 0.3 is 0 Å². The van der Waals surface area contributed by atoms with Crippen molar-refractivity contribution in [2.24, 2.45) is 7.05 Å². The van der Waals surface area contributed by atoms with Gasteiger partial charge in [0.05, 0.1) is 23.7 Å². The molecule has 0 amide bonds. The maximum atomic E-state index is 13.1. The van der Waals surface area contributed by atoms with Gasteiger partial charge in [-0.25, -0.2) is 9.97 Å². The van der Waals surface area contributed by atoms with Gasteiger partial charge in [-0.1, -0.05) is 0 Å². The maximum absolute atomic E-state index is 13.1. The molecule has 0 saturated heterocycles. The van der Waals surface area contributed by atoms with Crippen molar-refractivity contribution in [3.05, 3.63) is 76.9 Å². The molecule has 33 heavy (non-hydrogen) atoms. The van der Waals surface area contributed by atoms with Crippen LogP contribution < -0.4 is 20.9 Å². The summed E-state index contributed by atoms with van der Waals surface area (Å²) in [6.45, 7) is 0.0150. The monoisotopic (exact) mass is 444 g/mol. The third-order valence-electron chi connectivity index (χ3n) is 5.11. The molecule has 166 valence electrons. The van der Waals surface area contributed by atoms with Crippen molar-refractivity contribution in [3.63, 3.8) is 0 Å². The lowest BCUT2D eigenvalue weighted by Gasteiger charge is -2.13. The van der Waals surface area contributed by atoms with Crippen LogP contribution in [0, 0.1) is 5.21 Å². The molecule has 0 saturated carbocycles. The van der Waals surface area contributed by atoms with Crippen molar-refractivity contribution in [2.75, 3.05) is 17.2 Å². The number of benzene rings is 1. The molecule has 0 aliphatic rings. The van der Waals surface area contributed by atoms with Crippen LogP contribution in [0.25, 0.3) is 21.7 Å². The fourth-order valence-electron chi connectivity index (χ4n) is 3.68. The SMILES string of the molecule is Cn1cc2cc(Nc3nc(Nc4c[n+]([O-])ccn4)cc4ccn(CCO)c(=O)c34)ccc2n1. The summed E-state index contributed by atoms with van der Waals surface area (Å²) in [5, 5.41) is 33.5. The summed E-state index contributed by atoms with van der Waals surface area (Å²) >= 11 is 0. The average molecular weight is 444 g/mol. The van der Waals surface area contributed by atoms with E-state index in [1.807, 2.05) is 31.4 Å². The average Bonchev–Trinajstić information content (AvgIpc) is 3.15. The lowest BCUT2D eigenvalue weighted by Crippen LogP contribution is -2.25. The molecular formula is C22H20N8O3.